The van der Waals surface area contributed by atoms with Crippen molar-refractivity contribution in [2.24, 2.45) is 0 Å². The summed E-state index contributed by atoms with van der Waals surface area (Å²) in [5.74, 6) is 0. The van der Waals surface area contributed by atoms with Crippen molar-refractivity contribution in [3.8, 4) is 0 Å². The van der Waals surface area contributed by atoms with Crippen LogP contribution in [0.25, 0.3) is 0 Å². The highest BCUT2D eigenvalue weighted by Crippen LogP contribution is 2.07. The van der Waals surface area contributed by atoms with E-state index in [1.807, 2.05) is 0 Å². The van der Waals surface area contributed by atoms with E-state index in [-0.39, 0.29) is 9.84 Å². The fourth-order valence-electron chi connectivity index (χ4n) is 1.66. The molecule has 1 saturated heterocycles. The van der Waals surface area contributed by atoms with E-state index in [0.29, 0.717) is 0 Å². The zero-order valence-corrected chi connectivity index (χ0v) is 9.55. The molecule has 11 heavy (non-hydrogen) atoms. The number of likely N-dealkylation sites (N-methyl/N-ethyl adjacent to an activating group) is 1. The zero-order chi connectivity index (χ0) is 8.32. The van der Waals surface area contributed by atoms with Crippen molar-refractivity contribution < 1.29 is 4.15 Å². The van der Waals surface area contributed by atoms with Crippen LogP contribution in [0.1, 0.15) is 19.8 Å². The Morgan fingerprint density at radius 2 is 2.18 bits per heavy atom. The summed E-state index contributed by atoms with van der Waals surface area (Å²) in [5.41, 5.74) is 0. The molecule has 1 aliphatic rings. The Morgan fingerprint density at radius 1 is 1.45 bits per heavy atom. The summed E-state index contributed by atoms with van der Waals surface area (Å²) in [6.07, 6.45) is 2.74. The molecule has 0 amide bonds. The number of hydrogen-bond acceptors (Lipinski definition) is 1. The molecule has 0 bridgehead atoms. The number of hydrogen-bond donors (Lipinski definition) is 0. The van der Waals surface area contributed by atoms with E-state index in [9.17, 15) is 0 Å². The summed E-state index contributed by atoms with van der Waals surface area (Å²) in [6, 6.07) is 0. The highest BCUT2D eigenvalue weighted by molar-refractivity contribution is 6.23. The van der Waals surface area contributed by atoms with E-state index < -0.39 is 0 Å². The SMILES string of the molecule is CCCCN1CC[N+](C)(C)[SiH2]1. The van der Waals surface area contributed by atoms with Crippen LogP contribution in [0.15, 0.2) is 0 Å². The molecule has 0 N–H and O–H groups in total. The smallest absolute Gasteiger partial charge is 0.337 e. The van der Waals surface area contributed by atoms with Gasteiger partial charge >= 0.3 is 9.84 Å². The second-order valence-corrected chi connectivity index (χ2v) is 7.16. The highest BCUT2D eigenvalue weighted by Gasteiger charge is 2.28. The number of quaternary nitrogens is 1. The Morgan fingerprint density at radius 3 is 2.64 bits per heavy atom. The lowest BCUT2D eigenvalue weighted by Crippen LogP contribution is -2.42. The highest BCUT2D eigenvalue weighted by atomic mass is 28.2. The maximum atomic E-state index is 2.71. The second kappa shape index (κ2) is 3.69. The van der Waals surface area contributed by atoms with Crippen molar-refractivity contribution >= 4 is 9.84 Å². The average Bonchev–Trinajstić information content (AvgIpc) is 2.26. The summed E-state index contributed by atoms with van der Waals surface area (Å²) in [7, 11) is 4.78. The van der Waals surface area contributed by atoms with Gasteiger partial charge in [-0.05, 0) is 13.0 Å². The van der Waals surface area contributed by atoms with E-state index >= 15 is 0 Å². The molecule has 66 valence electrons. The van der Waals surface area contributed by atoms with Gasteiger partial charge in [-0.25, -0.2) is 0 Å². The Labute approximate surface area is 72.8 Å². The van der Waals surface area contributed by atoms with Gasteiger partial charge in [0.1, 0.15) is 0 Å². The van der Waals surface area contributed by atoms with Gasteiger partial charge in [-0.2, -0.15) is 0 Å². The van der Waals surface area contributed by atoms with Crippen molar-refractivity contribution in [1.29, 1.82) is 0 Å². The van der Waals surface area contributed by atoms with Crippen LogP contribution in [0.5, 0.6) is 0 Å². The van der Waals surface area contributed by atoms with E-state index in [1.165, 1.54) is 36.6 Å². The predicted octanol–water partition coefficient (Wildman–Crippen LogP) is 0.177. The van der Waals surface area contributed by atoms with E-state index in [0.717, 1.165) is 0 Å². The topological polar surface area (TPSA) is 3.24 Å². The summed E-state index contributed by atoms with van der Waals surface area (Å²) in [4.78, 5) is 0. The third kappa shape index (κ3) is 2.93. The molecule has 0 aliphatic carbocycles. The quantitative estimate of drug-likeness (QED) is 0.550. The zero-order valence-electron chi connectivity index (χ0n) is 8.14. The van der Waals surface area contributed by atoms with Crippen molar-refractivity contribution in [1.82, 2.24) is 4.57 Å². The fraction of sp³-hybridized carbons (Fsp3) is 1.00. The molecule has 0 spiro atoms. The molecule has 1 fully saturated rings. The van der Waals surface area contributed by atoms with Gasteiger partial charge in [0.2, 0.25) is 0 Å². The van der Waals surface area contributed by atoms with Crippen LogP contribution in [0.3, 0.4) is 0 Å². The van der Waals surface area contributed by atoms with Crippen LogP contribution < -0.4 is 0 Å². The minimum atomic E-state index is 0.0356. The largest absolute Gasteiger partial charge is 0.380 e. The maximum Gasteiger partial charge on any atom is 0.337 e. The van der Waals surface area contributed by atoms with Gasteiger partial charge in [0.25, 0.3) is 0 Å². The first-order chi connectivity index (χ1) is 5.14. The standard InChI is InChI=1S/C8H21N2Si/c1-4-5-6-9-7-8-10(2,3)11-9/h4-8,11H2,1-3H3/q+1. The molecule has 0 aromatic rings. The minimum absolute atomic E-state index is 0.0356. The molecular weight excluding hydrogens is 152 g/mol. The van der Waals surface area contributed by atoms with Crippen LogP contribution in [0.2, 0.25) is 0 Å². The molecule has 3 heteroatoms. The van der Waals surface area contributed by atoms with Crippen LogP contribution in [0.4, 0.5) is 0 Å². The molecule has 1 rings (SSSR count). The summed E-state index contributed by atoms with van der Waals surface area (Å²) in [5, 5.41) is 0. The van der Waals surface area contributed by atoms with Crippen molar-refractivity contribution in [2.75, 3.05) is 33.7 Å². The molecule has 0 unspecified atom stereocenters. The fourth-order valence-corrected chi connectivity index (χ4v) is 3.67. The number of unbranched alkanes of at least 4 members (excludes halogenated alkanes) is 1. The minimum Gasteiger partial charge on any atom is -0.380 e. The van der Waals surface area contributed by atoms with Crippen molar-refractivity contribution in [2.45, 2.75) is 19.8 Å². The summed E-state index contributed by atoms with van der Waals surface area (Å²) in [6.45, 7) is 6.39. The first-order valence-corrected chi connectivity index (χ1v) is 5.95. The van der Waals surface area contributed by atoms with Gasteiger partial charge in [0.15, 0.2) is 0 Å². The lowest BCUT2D eigenvalue weighted by atomic mass is 10.3. The van der Waals surface area contributed by atoms with Gasteiger partial charge in [-0.3, -0.25) is 4.57 Å². The van der Waals surface area contributed by atoms with Crippen LogP contribution in [-0.4, -0.2) is 52.3 Å². The number of nitrogens with zero attached hydrogens (tertiary/aromatic N) is 2. The second-order valence-electron chi connectivity index (χ2n) is 4.27. The van der Waals surface area contributed by atoms with Crippen LogP contribution in [0, 0.1) is 0 Å². The molecule has 2 nitrogen and oxygen atoms in total. The van der Waals surface area contributed by atoms with Gasteiger partial charge in [-0.15, -0.1) is 0 Å². The van der Waals surface area contributed by atoms with Gasteiger partial charge < -0.3 is 4.15 Å². The van der Waals surface area contributed by atoms with Gasteiger partial charge in [0, 0.05) is 6.54 Å². The number of rotatable bonds is 3. The monoisotopic (exact) mass is 173 g/mol. The van der Waals surface area contributed by atoms with Gasteiger partial charge in [0.05, 0.1) is 20.6 Å². The Bertz CT molecular complexity index is 125. The maximum absolute atomic E-state index is 2.71. The Hall–Kier alpha value is 0.137. The lowest BCUT2D eigenvalue weighted by Gasteiger charge is -2.23. The molecule has 0 radical (unpaired) electrons. The summed E-state index contributed by atoms with van der Waals surface area (Å²) >= 11 is 0. The van der Waals surface area contributed by atoms with Crippen molar-refractivity contribution in [3.63, 3.8) is 0 Å². The van der Waals surface area contributed by atoms with Crippen LogP contribution >= 0.6 is 0 Å². The normalized spacial score (nSPS) is 26.5. The van der Waals surface area contributed by atoms with E-state index in [4.69, 9.17) is 0 Å². The molecular formula is C8H21N2Si+. The molecule has 0 aromatic heterocycles. The van der Waals surface area contributed by atoms with E-state index in [1.54, 1.807) is 0 Å². The molecule has 1 heterocycles. The Balaban J connectivity index is 2.20. The van der Waals surface area contributed by atoms with E-state index in [2.05, 4.69) is 25.6 Å². The van der Waals surface area contributed by atoms with Crippen molar-refractivity contribution in [3.05, 3.63) is 0 Å². The molecule has 0 aromatic carbocycles. The molecule has 0 saturated carbocycles. The lowest BCUT2D eigenvalue weighted by molar-refractivity contribution is -0.771. The first-order valence-electron chi connectivity index (χ1n) is 4.68. The third-order valence-corrected chi connectivity index (χ3v) is 4.55. The third-order valence-electron chi connectivity index (χ3n) is 2.43. The first kappa shape index (κ1) is 9.23. The Kier molecular flexibility index (Phi) is 3.10. The summed E-state index contributed by atoms with van der Waals surface area (Å²) < 4.78 is 4.03. The molecule has 0 atom stereocenters. The predicted molar refractivity (Wildman–Crippen MR) is 52.0 cm³/mol. The molecule has 1 aliphatic heterocycles. The van der Waals surface area contributed by atoms with Gasteiger partial charge in [-0.1, -0.05) is 13.3 Å². The van der Waals surface area contributed by atoms with Crippen LogP contribution in [-0.2, 0) is 0 Å². The average molecular weight is 173 g/mol.